The molecule has 0 bridgehead atoms. The highest BCUT2D eigenvalue weighted by Crippen LogP contribution is 2.38. The summed E-state index contributed by atoms with van der Waals surface area (Å²) in [4.78, 5) is 18.2. The van der Waals surface area contributed by atoms with Gasteiger partial charge in [-0.25, -0.2) is 9.78 Å². The van der Waals surface area contributed by atoms with Crippen molar-refractivity contribution < 1.29 is 14.6 Å². The fourth-order valence-electron chi connectivity index (χ4n) is 3.65. The zero-order chi connectivity index (χ0) is 20.4. The molecule has 0 atom stereocenters. The number of aryl methyl sites for hydroxylation is 1. The van der Waals surface area contributed by atoms with E-state index < -0.39 is 5.97 Å². The van der Waals surface area contributed by atoms with Gasteiger partial charge in [-0.05, 0) is 68.5 Å². The summed E-state index contributed by atoms with van der Waals surface area (Å²) in [7, 11) is 0. The molecule has 1 aromatic heterocycles. The van der Waals surface area contributed by atoms with Crippen LogP contribution in [0.25, 0.3) is 10.6 Å². The number of allylic oxidation sites excluding steroid dienone is 3. The summed E-state index contributed by atoms with van der Waals surface area (Å²) in [6.45, 7) is 5.69. The van der Waals surface area contributed by atoms with Gasteiger partial charge in [0.15, 0.2) is 0 Å². The third kappa shape index (κ3) is 4.27. The lowest BCUT2D eigenvalue weighted by Crippen LogP contribution is -2.21. The molecule has 0 saturated heterocycles. The molecular formula is C23H24N2O3S. The van der Waals surface area contributed by atoms with E-state index in [-0.39, 0.29) is 11.0 Å². The lowest BCUT2D eigenvalue weighted by molar-refractivity contribution is 0.0701. The third-order valence-electron chi connectivity index (χ3n) is 5.22. The summed E-state index contributed by atoms with van der Waals surface area (Å²) in [6.07, 6.45) is 13.9. The highest BCUT2D eigenvalue weighted by Gasteiger charge is 2.21. The average molecular weight is 409 g/mol. The number of anilines is 1. The first-order valence-corrected chi connectivity index (χ1v) is 10.7. The number of carbonyl (C=O) groups is 1. The summed E-state index contributed by atoms with van der Waals surface area (Å²) < 4.78 is 6.38. The minimum Gasteiger partial charge on any atom is -0.488 e. The molecule has 150 valence electrons. The van der Waals surface area contributed by atoms with Crippen molar-refractivity contribution in [1.29, 1.82) is 0 Å². The summed E-state index contributed by atoms with van der Waals surface area (Å²) in [5.74, 6) is -0.113. The van der Waals surface area contributed by atoms with Gasteiger partial charge in [-0.15, -0.1) is 11.3 Å². The van der Waals surface area contributed by atoms with E-state index in [1.165, 1.54) is 30.6 Å². The van der Waals surface area contributed by atoms with E-state index in [1.54, 1.807) is 6.92 Å². The fraction of sp³-hybridized carbons (Fsp3) is 0.304. The van der Waals surface area contributed by atoms with Crippen LogP contribution in [-0.2, 0) is 0 Å². The molecule has 5 nitrogen and oxygen atoms in total. The van der Waals surface area contributed by atoms with Gasteiger partial charge >= 0.3 is 5.97 Å². The molecular weight excluding hydrogens is 384 g/mol. The molecule has 1 aliphatic heterocycles. The number of thiazole rings is 1. The van der Waals surface area contributed by atoms with Crippen LogP contribution >= 0.6 is 11.3 Å². The van der Waals surface area contributed by atoms with Gasteiger partial charge < -0.3 is 14.7 Å². The predicted octanol–water partition coefficient (Wildman–Crippen LogP) is 5.93. The Bertz CT molecular complexity index is 984. The molecule has 0 spiro atoms. The molecule has 0 amide bonds. The van der Waals surface area contributed by atoms with Crippen LogP contribution in [0.1, 0.15) is 47.5 Å². The van der Waals surface area contributed by atoms with Gasteiger partial charge in [0.2, 0.25) is 0 Å². The molecule has 29 heavy (non-hydrogen) atoms. The van der Waals surface area contributed by atoms with E-state index >= 15 is 0 Å². The van der Waals surface area contributed by atoms with Crippen LogP contribution < -0.4 is 9.64 Å². The molecule has 2 aliphatic rings. The Morgan fingerprint density at radius 1 is 1.24 bits per heavy atom. The quantitative estimate of drug-likeness (QED) is 0.664. The standard InChI is InChI=1S/C23H24N2O3S/c1-15-10-12-25(13-11-15)19-14-17(22-24-16(2)21(29-22)23(26)27)8-9-20(19)28-18-6-4-3-5-7-18/h8-14,18H,1,3-7H2,2H3,(H,26,27). The average Bonchev–Trinajstić information content (AvgIpc) is 3.12. The molecule has 1 saturated carbocycles. The lowest BCUT2D eigenvalue weighted by Gasteiger charge is -2.27. The molecule has 1 fully saturated rings. The Morgan fingerprint density at radius 2 is 1.97 bits per heavy atom. The van der Waals surface area contributed by atoms with E-state index in [0.717, 1.165) is 35.4 Å². The Hall–Kier alpha value is -2.86. The van der Waals surface area contributed by atoms with Gasteiger partial charge in [-0.1, -0.05) is 13.0 Å². The predicted molar refractivity (Wildman–Crippen MR) is 117 cm³/mol. The highest BCUT2D eigenvalue weighted by atomic mass is 32.1. The maximum atomic E-state index is 11.4. The van der Waals surface area contributed by atoms with E-state index in [9.17, 15) is 9.90 Å². The Labute approximate surface area is 174 Å². The second-order valence-electron chi connectivity index (χ2n) is 7.41. The molecule has 0 unspecified atom stereocenters. The molecule has 2 aromatic rings. The van der Waals surface area contributed by atoms with E-state index in [0.29, 0.717) is 10.7 Å². The van der Waals surface area contributed by atoms with Crippen molar-refractivity contribution in [3.05, 3.63) is 65.5 Å². The first-order valence-electron chi connectivity index (χ1n) is 9.87. The van der Waals surface area contributed by atoms with E-state index in [4.69, 9.17) is 4.74 Å². The number of hydrogen-bond donors (Lipinski definition) is 1. The highest BCUT2D eigenvalue weighted by molar-refractivity contribution is 7.17. The van der Waals surface area contributed by atoms with Crippen LogP contribution in [0.15, 0.2) is 54.9 Å². The minimum absolute atomic E-state index is 0.238. The number of nitrogens with zero attached hydrogens (tertiary/aromatic N) is 2. The summed E-state index contributed by atoms with van der Waals surface area (Å²) in [5.41, 5.74) is 3.27. The van der Waals surface area contributed by atoms with Crippen molar-refractivity contribution in [1.82, 2.24) is 4.98 Å². The largest absolute Gasteiger partial charge is 0.488 e. The van der Waals surface area contributed by atoms with Crippen molar-refractivity contribution in [3.8, 4) is 16.3 Å². The Kier molecular flexibility index (Phi) is 5.53. The van der Waals surface area contributed by atoms with Crippen molar-refractivity contribution >= 4 is 23.0 Å². The van der Waals surface area contributed by atoms with E-state index in [1.807, 2.05) is 47.7 Å². The number of aromatic nitrogens is 1. The summed E-state index contributed by atoms with van der Waals surface area (Å²) in [6, 6.07) is 5.95. The molecule has 6 heteroatoms. The van der Waals surface area contributed by atoms with Gasteiger partial charge in [0.1, 0.15) is 15.6 Å². The van der Waals surface area contributed by atoms with Crippen LogP contribution in [0.4, 0.5) is 5.69 Å². The van der Waals surface area contributed by atoms with Crippen molar-refractivity contribution in [3.63, 3.8) is 0 Å². The van der Waals surface area contributed by atoms with Crippen LogP contribution in [0, 0.1) is 6.92 Å². The van der Waals surface area contributed by atoms with Gasteiger partial charge in [0.05, 0.1) is 17.5 Å². The minimum atomic E-state index is -0.941. The van der Waals surface area contributed by atoms with Crippen LogP contribution in [0.3, 0.4) is 0 Å². The SMILES string of the molecule is C=C1C=CN(c2cc(-c3nc(C)c(C(=O)O)s3)ccc2OC2CCCCC2)C=C1. The number of benzene rings is 1. The van der Waals surface area contributed by atoms with E-state index in [2.05, 4.69) is 11.6 Å². The summed E-state index contributed by atoms with van der Waals surface area (Å²) >= 11 is 1.20. The maximum absolute atomic E-state index is 11.4. The van der Waals surface area contributed by atoms with Gasteiger partial charge in [0.25, 0.3) is 0 Å². The fourth-order valence-corrected chi connectivity index (χ4v) is 4.55. The molecule has 4 rings (SSSR count). The summed E-state index contributed by atoms with van der Waals surface area (Å²) in [5, 5.41) is 10.0. The zero-order valence-electron chi connectivity index (χ0n) is 16.4. The zero-order valence-corrected chi connectivity index (χ0v) is 17.2. The first kappa shape index (κ1) is 19.5. The number of carboxylic acid groups (broad SMARTS) is 1. The Morgan fingerprint density at radius 3 is 2.62 bits per heavy atom. The van der Waals surface area contributed by atoms with Gasteiger partial charge in [-0.2, -0.15) is 0 Å². The monoisotopic (exact) mass is 408 g/mol. The van der Waals surface area contributed by atoms with Crippen molar-refractivity contribution in [2.24, 2.45) is 0 Å². The van der Waals surface area contributed by atoms with Gasteiger partial charge in [0, 0.05) is 18.0 Å². The Balaban J connectivity index is 1.71. The van der Waals surface area contributed by atoms with Crippen molar-refractivity contribution in [2.75, 3.05) is 4.90 Å². The number of rotatable bonds is 5. The molecule has 1 N–H and O–H groups in total. The second-order valence-corrected chi connectivity index (χ2v) is 8.41. The lowest BCUT2D eigenvalue weighted by atomic mass is 9.98. The van der Waals surface area contributed by atoms with Crippen molar-refractivity contribution in [2.45, 2.75) is 45.1 Å². The third-order valence-corrected chi connectivity index (χ3v) is 6.41. The number of aromatic carboxylic acids is 1. The number of carboxylic acids is 1. The first-order chi connectivity index (χ1) is 14.0. The maximum Gasteiger partial charge on any atom is 0.347 e. The molecule has 1 aliphatic carbocycles. The smallest absolute Gasteiger partial charge is 0.347 e. The molecule has 0 radical (unpaired) electrons. The van der Waals surface area contributed by atoms with Crippen LogP contribution in [0.5, 0.6) is 5.75 Å². The normalized spacial score (nSPS) is 17.0. The molecule has 1 aromatic carbocycles. The van der Waals surface area contributed by atoms with Gasteiger partial charge in [-0.3, -0.25) is 0 Å². The topological polar surface area (TPSA) is 62.7 Å². The second kappa shape index (κ2) is 8.25. The molecule has 2 heterocycles. The van der Waals surface area contributed by atoms with Crippen LogP contribution in [0.2, 0.25) is 0 Å². The number of hydrogen-bond acceptors (Lipinski definition) is 5. The number of ether oxygens (including phenoxy) is 1. The van der Waals surface area contributed by atoms with Crippen LogP contribution in [-0.4, -0.2) is 22.2 Å².